The van der Waals surface area contributed by atoms with Crippen molar-refractivity contribution in [2.45, 2.75) is 75.5 Å². The number of nitrogens with one attached hydrogen (secondary N) is 2. The maximum Gasteiger partial charge on any atom is 0.315 e. The molecule has 0 radical (unpaired) electrons. The smallest absolute Gasteiger partial charge is 0.315 e. The summed E-state index contributed by atoms with van der Waals surface area (Å²) in [5, 5.41) is 6.22. The van der Waals surface area contributed by atoms with Crippen LogP contribution in [0.1, 0.15) is 58.3 Å². The molecule has 1 heterocycles. The van der Waals surface area contributed by atoms with Crippen LogP contribution in [0.3, 0.4) is 0 Å². The first-order chi connectivity index (χ1) is 11.3. The van der Waals surface area contributed by atoms with Crippen molar-refractivity contribution >= 4 is 11.9 Å². The van der Waals surface area contributed by atoms with Gasteiger partial charge in [-0.25, -0.2) is 9.18 Å². The molecule has 0 aromatic heterocycles. The standard InChI is InChI=1S/C18H28FN3O2/c1-12(23)22-4-2-15(3-5-22)20-16(24)21-18-9-13-6-14(10-18)8-17(19,7-13)11-18/h13-15H,2-11H2,1H3,(H2,20,21,24). The zero-order chi connectivity index (χ0) is 16.9. The number of alkyl halides is 1. The lowest BCUT2D eigenvalue weighted by Gasteiger charge is -2.59. The van der Waals surface area contributed by atoms with E-state index in [1.54, 1.807) is 6.92 Å². The number of amides is 3. The van der Waals surface area contributed by atoms with Gasteiger partial charge in [-0.05, 0) is 56.8 Å². The Labute approximate surface area is 142 Å². The number of rotatable bonds is 2. The molecule has 1 aliphatic heterocycles. The van der Waals surface area contributed by atoms with Crippen molar-refractivity contribution in [3.05, 3.63) is 0 Å². The van der Waals surface area contributed by atoms with Crippen LogP contribution in [0.15, 0.2) is 0 Å². The summed E-state index contributed by atoms with van der Waals surface area (Å²) in [7, 11) is 0. The number of urea groups is 1. The van der Waals surface area contributed by atoms with E-state index in [2.05, 4.69) is 10.6 Å². The lowest BCUT2D eigenvalue weighted by Crippen LogP contribution is -2.66. The quantitative estimate of drug-likeness (QED) is 0.812. The molecule has 4 saturated carbocycles. The SMILES string of the molecule is CC(=O)N1CCC(NC(=O)NC23CC4CC(CC(F)(C4)C2)C3)CC1. The molecule has 4 bridgehead atoms. The third-order valence-electron chi connectivity index (χ3n) is 6.64. The summed E-state index contributed by atoms with van der Waals surface area (Å²) < 4.78 is 14.9. The van der Waals surface area contributed by atoms with Gasteiger partial charge in [-0.3, -0.25) is 4.79 Å². The second-order valence-corrected chi connectivity index (χ2v) is 8.77. The van der Waals surface area contributed by atoms with E-state index in [0.717, 1.165) is 32.1 Å². The molecule has 4 aliphatic carbocycles. The van der Waals surface area contributed by atoms with Gasteiger partial charge in [-0.15, -0.1) is 0 Å². The Hall–Kier alpha value is -1.33. The van der Waals surface area contributed by atoms with Crippen LogP contribution in [0.5, 0.6) is 0 Å². The fourth-order valence-corrected chi connectivity index (χ4v) is 6.10. The third kappa shape index (κ3) is 3.00. The van der Waals surface area contributed by atoms with Gasteiger partial charge >= 0.3 is 6.03 Å². The Kier molecular flexibility index (Phi) is 3.77. The number of carbonyl (C=O) groups excluding carboxylic acids is 2. The minimum atomic E-state index is -1.05. The van der Waals surface area contributed by atoms with Gasteiger partial charge in [0.25, 0.3) is 0 Å². The number of carbonyl (C=O) groups is 2. The summed E-state index contributed by atoms with van der Waals surface area (Å²) >= 11 is 0. The van der Waals surface area contributed by atoms with Crippen molar-refractivity contribution < 1.29 is 14.0 Å². The van der Waals surface area contributed by atoms with E-state index >= 15 is 0 Å². The van der Waals surface area contributed by atoms with Gasteiger partial charge in [0.05, 0.1) is 0 Å². The average Bonchev–Trinajstić information content (AvgIpc) is 2.44. The van der Waals surface area contributed by atoms with Crippen LogP contribution in [0.4, 0.5) is 9.18 Å². The molecule has 5 fully saturated rings. The zero-order valence-electron chi connectivity index (χ0n) is 14.4. The van der Waals surface area contributed by atoms with E-state index < -0.39 is 5.67 Å². The largest absolute Gasteiger partial charge is 0.343 e. The van der Waals surface area contributed by atoms with E-state index in [1.807, 2.05) is 4.90 Å². The van der Waals surface area contributed by atoms with Crippen LogP contribution < -0.4 is 10.6 Å². The van der Waals surface area contributed by atoms with Crippen molar-refractivity contribution in [1.82, 2.24) is 15.5 Å². The van der Waals surface area contributed by atoms with Gasteiger partial charge in [-0.1, -0.05) is 0 Å². The summed E-state index contributed by atoms with van der Waals surface area (Å²) in [5.74, 6) is 0.977. The van der Waals surface area contributed by atoms with Crippen molar-refractivity contribution in [2.75, 3.05) is 13.1 Å². The Bertz CT molecular complexity index is 530. The first kappa shape index (κ1) is 16.2. The maximum atomic E-state index is 14.9. The first-order valence-electron chi connectivity index (χ1n) is 9.38. The second-order valence-electron chi connectivity index (χ2n) is 8.77. The summed E-state index contributed by atoms with van der Waals surface area (Å²) in [5.41, 5.74) is -1.38. The summed E-state index contributed by atoms with van der Waals surface area (Å²) in [4.78, 5) is 25.7. The lowest BCUT2D eigenvalue weighted by atomic mass is 9.52. The molecule has 2 atom stereocenters. The molecule has 2 N–H and O–H groups in total. The number of hydrogen-bond donors (Lipinski definition) is 2. The lowest BCUT2D eigenvalue weighted by molar-refractivity contribution is -0.129. The van der Waals surface area contributed by atoms with E-state index in [9.17, 15) is 14.0 Å². The fraction of sp³-hybridized carbons (Fsp3) is 0.889. The van der Waals surface area contributed by atoms with Crippen LogP contribution in [0.2, 0.25) is 0 Å². The topological polar surface area (TPSA) is 61.4 Å². The summed E-state index contributed by atoms with van der Waals surface area (Å²) in [6.07, 6.45) is 6.47. The highest BCUT2D eigenvalue weighted by Gasteiger charge is 2.58. The van der Waals surface area contributed by atoms with Crippen LogP contribution in [0, 0.1) is 11.8 Å². The molecule has 0 aromatic rings. The molecule has 5 rings (SSSR count). The average molecular weight is 337 g/mol. The molecule has 0 spiro atoms. The first-order valence-corrected chi connectivity index (χ1v) is 9.38. The Morgan fingerprint density at radius 3 is 2.25 bits per heavy atom. The van der Waals surface area contributed by atoms with Gasteiger partial charge in [0.1, 0.15) is 5.67 Å². The number of piperidine rings is 1. The van der Waals surface area contributed by atoms with Crippen molar-refractivity contribution in [2.24, 2.45) is 11.8 Å². The molecular formula is C18H28FN3O2. The van der Waals surface area contributed by atoms with Gasteiger partial charge in [-0.2, -0.15) is 0 Å². The van der Waals surface area contributed by atoms with Crippen LogP contribution >= 0.6 is 0 Å². The molecule has 0 aromatic carbocycles. The van der Waals surface area contributed by atoms with E-state index in [4.69, 9.17) is 0 Å². The highest BCUT2D eigenvalue weighted by molar-refractivity contribution is 5.75. The minimum absolute atomic E-state index is 0.0970. The molecule has 3 amide bonds. The molecule has 24 heavy (non-hydrogen) atoms. The monoisotopic (exact) mass is 337 g/mol. The number of likely N-dealkylation sites (tertiary alicyclic amines) is 1. The van der Waals surface area contributed by atoms with Crippen molar-refractivity contribution in [3.8, 4) is 0 Å². The van der Waals surface area contributed by atoms with Crippen LogP contribution in [-0.4, -0.2) is 47.2 Å². The Morgan fingerprint density at radius 1 is 1.08 bits per heavy atom. The van der Waals surface area contributed by atoms with E-state index in [1.165, 1.54) is 0 Å². The highest BCUT2D eigenvalue weighted by atomic mass is 19.1. The predicted molar refractivity (Wildman–Crippen MR) is 88.2 cm³/mol. The number of hydrogen-bond acceptors (Lipinski definition) is 2. The molecule has 6 heteroatoms. The summed E-state index contributed by atoms with van der Waals surface area (Å²) in [6.45, 7) is 2.98. The molecule has 134 valence electrons. The van der Waals surface area contributed by atoms with Crippen molar-refractivity contribution in [3.63, 3.8) is 0 Å². The molecule has 5 nitrogen and oxygen atoms in total. The molecular weight excluding hydrogens is 309 g/mol. The Balaban J connectivity index is 1.33. The van der Waals surface area contributed by atoms with Gasteiger partial charge < -0.3 is 15.5 Å². The third-order valence-corrected chi connectivity index (χ3v) is 6.64. The van der Waals surface area contributed by atoms with Crippen LogP contribution in [0.25, 0.3) is 0 Å². The molecule has 2 unspecified atom stereocenters. The number of nitrogens with zero attached hydrogens (tertiary/aromatic N) is 1. The van der Waals surface area contributed by atoms with Crippen LogP contribution in [-0.2, 0) is 4.79 Å². The summed E-state index contributed by atoms with van der Waals surface area (Å²) in [6, 6.07) is -0.0457. The van der Waals surface area contributed by atoms with Gasteiger partial charge in [0.15, 0.2) is 0 Å². The van der Waals surface area contributed by atoms with Gasteiger partial charge in [0.2, 0.25) is 5.91 Å². The second kappa shape index (κ2) is 5.60. The van der Waals surface area contributed by atoms with Crippen molar-refractivity contribution in [1.29, 1.82) is 0 Å². The molecule has 5 aliphatic rings. The van der Waals surface area contributed by atoms with E-state index in [-0.39, 0.29) is 23.5 Å². The number of halogens is 1. The predicted octanol–water partition coefficient (Wildman–Crippen LogP) is 2.36. The maximum absolute atomic E-state index is 14.9. The highest BCUT2D eigenvalue weighted by Crippen LogP contribution is 2.58. The minimum Gasteiger partial charge on any atom is -0.343 e. The molecule has 1 saturated heterocycles. The zero-order valence-corrected chi connectivity index (χ0v) is 14.4. The fourth-order valence-electron chi connectivity index (χ4n) is 6.10. The van der Waals surface area contributed by atoms with E-state index in [0.29, 0.717) is 44.2 Å². The Morgan fingerprint density at radius 2 is 1.71 bits per heavy atom. The van der Waals surface area contributed by atoms with Gasteiger partial charge in [0, 0.05) is 38.0 Å². The normalized spacial score (nSPS) is 41.3.